The first-order valence-corrected chi connectivity index (χ1v) is 14.2. The first kappa shape index (κ1) is 26.7. The van der Waals surface area contributed by atoms with Crippen LogP contribution in [0, 0.1) is 0 Å². The maximum atomic E-state index is 12.4. The molecule has 0 amide bonds. The molecular formula is C26H34O6S2. The predicted molar refractivity (Wildman–Crippen MR) is 139 cm³/mol. The molecule has 0 N–H and O–H groups in total. The Morgan fingerprint density at radius 1 is 1.00 bits per heavy atom. The number of esters is 2. The smallest absolute Gasteiger partial charge is 0.313 e. The number of carbonyl (C=O) groups is 2. The van der Waals surface area contributed by atoms with Gasteiger partial charge in [-0.05, 0) is 54.7 Å². The van der Waals surface area contributed by atoms with Crippen molar-refractivity contribution in [3.8, 4) is 5.75 Å². The highest BCUT2D eigenvalue weighted by atomic mass is 33.1. The van der Waals surface area contributed by atoms with Crippen molar-refractivity contribution in [3.63, 3.8) is 0 Å². The van der Waals surface area contributed by atoms with Crippen LogP contribution < -0.4 is 4.74 Å². The van der Waals surface area contributed by atoms with Crippen molar-refractivity contribution in [1.82, 2.24) is 0 Å². The molecule has 1 aliphatic rings. The second-order valence-corrected chi connectivity index (χ2v) is 11.1. The van der Waals surface area contributed by atoms with Crippen LogP contribution in [0.15, 0.2) is 36.4 Å². The number of hydrogen-bond donors (Lipinski definition) is 0. The molecule has 0 aromatic heterocycles. The van der Waals surface area contributed by atoms with E-state index in [0.29, 0.717) is 13.0 Å². The summed E-state index contributed by atoms with van der Waals surface area (Å²) in [4.78, 5) is 24.2. The molecule has 34 heavy (non-hydrogen) atoms. The second-order valence-electron chi connectivity index (χ2n) is 8.27. The van der Waals surface area contributed by atoms with Gasteiger partial charge in [0.05, 0.1) is 26.2 Å². The van der Waals surface area contributed by atoms with Crippen LogP contribution in [0.1, 0.15) is 50.5 Å². The third-order valence-corrected chi connectivity index (χ3v) is 8.78. The van der Waals surface area contributed by atoms with Gasteiger partial charge in [-0.25, -0.2) is 0 Å². The lowest BCUT2D eigenvalue weighted by Crippen LogP contribution is -2.17. The molecule has 2 unspecified atom stereocenters. The van der Waals surface area contributed by atoms with E-state index in [-0.39, 0.29) is 37.7 Å². The maximum absolute atomic E-state index is 12.4. The molecule has 2 aromatic rings. The number of methoxy groups -OCH3 is 1. The Labute approximate surface area is 209 Å². The van der Waals surface area contributed by atoms with Gasteiger partial charge in [0, 0.05) is 17.4 Å². The second kappa shape index (κ2) is 14.5. The van der Waals surface area contributed by atoms with Crippen LogP contribution in [-0.2, 0) is 23.8 Å². The average Bonchev–Trinajstić information content (AvgIpc) is 3.38. The molecule has 0 aliphatic carbocycles. The molecular weight excluding hydrogens is 472 g/mol. The molecule has 0 bridgehead atoms. The number of fused-ring (bicyclic) bond motifs is 1. The summed E-state index contributed by atoms with van der Waals surface area (Å²) < 4.78 is 21.2. The zero-order valence-electron chi connectivity index (χ0n) is 20.0. The van der Waals surface area contributed by atoms with Gasteiger partial charge in [-0.3, -0.25) is 9.59 Å². The Kier molecular flexibility index (Phi) is 11.4. The first-order valence-electron chi connectivity index (χ1n) is 11.8. The number of rotatable bonds is 14. The molecule has 6 nitrogen and oxygen atoms in total. The summed E-state index contributed by atoms with van der Waals surface area (Å²) in [7, 11) is 5.57. The summed E-state index contributed by atoms with van der Waals surface area (Å²) in [6.07, 6.45) is 4.87. The van der Waals surface area contributed by atoms with Gasteiger partial charge in [0.1, 0.15) is 19.0 Å². The number of unbranched alkanes of at least 4 members (excludes halogenated alkanes) is 1. The third-order valence-electron chi connectivity index (χ3n) is 5.77. The van der Waals surface area contributed by atoms with Crippen molar-refractivity contribution in [2.24, 2.45) is 0 Å². The van der Waals surface area contributed by atoms with E-state index in [1.807, 2.05) is 64.9 Å². The van der Waals surface area contributed by atoms with E-state index >= 15 is 0 Å². The fourth-order valence-corrected chi connectivity index (χ4v) is 6.72. The Morgan fingerprint density at radius 2 is 1.76 bits per heavy atom. The summed E-state index contributed by atoms with van der Waals surface area (Å²) in [6.45, 7) is 2.78. The number of benzene rings is 2. The summed E-state index contributed by atoms with van der Waals surface area (Å²) in [5.41, 5.74) is 0.899. The summed E-state index contributed by atoms with van der Waals surface area (Å²) in [6, 6.07) is 11.8. The molecule has 1 fully saturated rings. The van der Waals surface area contributed by atoms with Crippen molar-refractivity contribution in [2.75, 3.05) is 39.3 Å². The fourth-order valence-electron chi connectivity index (χ4n) is 3.70. The van der Waals surface area contributed by atoms with Gasteiger partial charge in [0.15, 0.2) is 0 Å². The first-order chi connectivity index (χ1) is 16.6. The lowest BCUT2D eigenvalue weighted by Gasteiger charge is -2.13. The van der Waals surface area contributed by atoms with E-state index in [1.165, 1.54) is 18.6 Å². The Morgan fingerprint density at radius 3 is 2.53 bits per heavy atom. The minimum absolute atomic E-state index is 0.166. The van der Waals surface area contributed by atoms with E-state index in [2.05, 4.69) is 0 Å². The van der Waals surface area contributed by atoms with Gasteiger partial charge in [-0.15, -0.1) is 0 Å². The molecule has 3 rings (SSSR count). The van der Waals surface area contributed by atoms with Crippen molar-refractivity contribution in [1.29, 1.82) is 0 Å². The van der Waals surface area contributed by atoms with Crippen LogP contribution in [0.2, 0.25) is 0 Å². The highest BCUT2D eigenvalue weighted by Crippen LogP contribution is 2.39. The zero-order chi connectivity index (χ0) is 24.2. The zero-order valence-corrected chi connectivity index (χ0v) is 21.6. The van der Waals surface area contributed by atoms with E-state index in [1.54, 1.807) is 7.11 Å². The predicted octanol–water partition coefficient (Wildman–Crippen LogP) is 5.77. The minimum Gasteiger partial charge on any atom is -0.497 e. The SMILES string of the molecule is COc1ccc2cc(C(C)C(=O)OCCOCCOC(=O)CCCCC3CCSS3)ccc2c1. The van der Waals surface area contributed by atoms with Gasteiger partial charge in [-0.1, -0.05) is 52.3 Å². The normalized spacial score (nSPS) is 16.4. The molecule has 2 aromatic carbocycles. The van der Waals surface area contributed by atoms with E-state index < -0.39 is 0 Å². The van der Waals surface area contributed by atoms with Gasteiger partial charge in [0.25, 0.3) is 0 Å². The van der Waals surface area contributed by atoms with Crippen LogP contribution in [0.4, 0.5) is 0 Å². The monoisotopic (exact) mass is 506 g/mol. The topological polar surface area (TPSA) is 71.1 Å². The van der Waals surface area contributed by atoms with E-state index in [0.717, 1.165) is 40.2 Å². The van der Waals surface area contributed by atoms with Crippen molar-refractivity contribution >= 4 is 44.3 Å². The summed E-state index contributed by atoms with van der Waals surface area (Å²) in [5.74, 6) is 1.20. The van der Waals surface area contributed by atoms with E-state index in [9.17, 15) is 9.59 Å². The molecule has 186 valence electrons. The molecule has 1 saturated heterocycles. The Bertz CT molecular complexity index is 929. The number of carbonyl (C=O) groups excluding carboxylic acids is 2. The lowest BCUT2D eigenvalue weighted by atomic mass is 9.98. The molecule has 1 aliphatic heterocycles. The molecule has 8 heteroatoms. The van der Waals surface area contributed by atoms with Crippen LogP contribution in [0.5, 0.6) is 5.75 Å². The highest BCUT2D eigenvalue weighted by Gasteiger charge is 2.18. The number of hydrogen-bond acceptors (Lipinski definition) is 8. The molecule has 2 atom stereocenters. The highest BCUT2D eigenvalue weighted by molar-refractivity contribution is 8.77. The standard InChI is InChI=1S/C26H34O6S2/c1-19(20-7-8-22-18-23(29-2)10-9-21(22)17-20)26(28)32-15-13-30-12-14-31-25(27)6-4-3-5-24-11-16-33-34-24/h7-10,17-19,24H,3-6,11-16H2,1-2H3. The van der Waals surface area contributed by atoms with Crippen molar-refractivity contribution in [2.45, 2.75) is 50.2 Å². The Balaban J connectivity index is 1.23. The van der Waals surface area contributed by atoms with Crippen LogP contribution in [0.25, 0.3) is 10.8 Å². The molecule has 0 spiro atoms. The summed E-state index contributed by atoms with van der Waals surface area (Å²) >= 11 is 0. The Hall–Kier alpha value is -1.90. The average molecular weight is 507 g/mol. The molecule has 0 radical (unpaired) electrons. The molecule has 1 heterocycles. The largest absolute Gasteiger partial charge is 0.497 e. The quantitative estimate of drug-likeness (QED) is 0.182. The minimum atomic E-state index is -0.376. The third kappa shape index (κ3) is 8.71. The van der Waals surface area contributed by atoms with Crippen LogP contribution in [-0.4, -0.2) is 56.5 Å². The number of ether oxygens (including phenoxy) is 4. The molecule has 0 saturated carbocycles. The van der Waals surface area contributed by atoms with Gasteiger partial charge in [-0.2, -0.15) is 0 Å². The fraction of sp³-hybridized carbons (Fsp3) is 0.538. The van der Waals surface area contributed by atoms with E-state index in [4.69, 9.17) is 18.9 Å². The van der Waals surface area contributed by atoms with Crippen molar-refractivity contribution in [3.05, 3.63) is 42.0 Å². The maximum Gasteiger partial charge on any atom is 0.313 e. The van der Waals surface area contributed by atoms with Crippen molar-refractivity contribution < 1.29 is 28.5 Å². The van der Waals surface area contributed by atoms with Gasteiger partial charge >= 0.3 is 11.9 Å². The lowest BCUT2D eigenvalue weighted by molar-refractivity contribution is -0.147. The summed E-state index contributed by atoms with van der Waals surface area (Å²) in [5, 5.41) is 2.85. The van der Waals surface area contributed by atoms with Gasteiger partial charge in [0.2, 0.25) is 0 Å². The van der Waals surface area contributed by atoms with Crippen LogP contribution in [0.3, 0.4) is 0 Å². The van der Waals surface area contributed by atoms with Crippen LogP contribution >= 0.6 is 21.6 Å². The van der Waals surface area contributed by atoms with Gasteiger partial charge < -0.3 is 18.9 Å².